The first-order valence-corrected chi connectivity index (χ1v) is 9.44. The van der Waals surface area contributed by atoms with Crippen molar-refractivity contribution >= 4 is 74.8 Å². The average Bonchev–Trinajstić information content (AvgIpc) is 2.58. The lowest BCUT2D eigenvalue weighted by Crippen LogP contribution is -2.34. The number of nitrogens with zero attached hydrogens (tertiary/aromatic N) is 1. The van der Waals surface area contributed by atoms with Crippen LogP contribution in [0.3, 0.4) is 0 Å². The molecule has 0 aliphatic carbocycles. The van der Waals surface area contributed by atoms with Crippen molar-refractivity contribution in [2.45, 2.75) is 0 Å². The molecule has 25 heavy (non-hydrogen) atoms. The molecule has 0 saturated carbocycles. The van der Waals surface area contributed by atoms with Crippen LogP contribution in [-0.4, -0.2) is 29.7 Å². The molecule has 3 N–H and O–H groups in total. The first-order chi connectivity index (χ1) is 11.9. The molecular weight excluding hydrogens is 571 g/mol. The summed E-state index contributed by atoms with van der Waals surface area (Å²) in [6.07, 6.45) is 1.46. The molecule has 6 nitrogen and oxygen atoms in total. The summed E-state index contributed by atoms with van der Waals surface area (Å²) in [7, 11) is 0. The Kier molecular flexibility index (Phi) is 7.44. The second-order valence-corrected chi connectivity index (χ2v) is 7.58. The van der Waals surface area contributed by atoms with Crippen LogP contribution in [0.25, 0.3) is 0 Å². The first kappa shape index (κ1) is 19.9. The highest BCUT2D eigenvalue weighted by Gasteiger charge is 2.08. The van der Waals surface area contributed by atoms with Gasteiger partial charge in [0.2, 0.25) is 0 Å². The molecule has 0 aliphatic heterocycles. The summed E-state index contributed by atoms with van der Waals surface area (Å²) in [4.78, 5) is 23.6. The number of hydrogen-bond donors (Lipinski definition) is 3. The Hall–Kier alpha value is -1.40. The van der Waals surface area contributed by atoms with Crippen molar-refractivity contribution < 1.29 is 14.7 Å². The Morgan fingerprint density at radius 1 is 1.16 bits per heavy atom. The summed E-state index contributed by atoms with van der Waals surface area (Å²) in [6.45, 7) is -0.205. The van der Waals surface area contributed by atoms with Crippen LogP contribution < -0.4 is 10.7 Å². The Bertz CT molecular complexity index is 803. The SMILES string of the molecule is O=C(CNC(=O)c1ccc(Cl)cc1)NN=Cc1cc(I)c(O)c(I)c1. The molecule has 2 amide bonds. The van der Waals surface area contributed by atoms with E-state index in [2.05, 4.69) is 15.8 Å². The number of nitrogens with one attached hydrogen (secondary N) is 2. The van der Waals surface area contributed by atoms with Gasteiger partial charge in [0.05, 0.1) is 19.9 Å². The number of phenols is 1. The molecule has 0 spiro atoms. The van der Waals surface area contributed by atoms with Gasteiger partial charge in [-0.05, 0) is 87.1 Å². The van der Waals surface area contributed by atoms with E-state index in [-0.39, 0.29) is 18.2 Å². The Labute approximate surface area is 176 Å². The highest BCUT2D eigenvalue weighted by atomic mass is 127. The fourth-order valence-electron chi connectivity index (χ4n) is 1.74. The van der Waals surface area contributed by atoms with Gasteiger partial charge in [-0.25, -0.2) is 5.43 Å². The van der Waals surface area contributed by atoms with Crippen molar-refractivity contribution in [2.75, 3.05) is 6.54 Å². The maximum Gasteiger partial charge on any atom is 0.259 e. The van der Waals surface area contributed by atoms with Crippen LogP contribution in [0, 0.1) is 7.14 Å². The third-order valence-electron chi connectivity index (χ3n) is 2.96. The van der Waals surface area contributed by atoms with Crippen LogP contribution in [0.5, 0.6) is 5.75 Å². The molecule has 130 valence electrons. The minimum Gasteiger partial charge on any atom is -0.506 e. The number of halogens is 3. The minimum atomic E-state index is -0.457. The van der Waals surface area contributed by atoms with E-state index in [1.807, 2.05) is 45.2 Å². The van der Waals surface area contributed by atoms with Crippen molar-refractivity contribution in [3.05, 3.63) is 59.7 Å². The zero-order valence-corrected chi connectivity index (χ0v) is 17.7. The number of carbonyl (C=O) groups excluding carboxylic acids is 2. The summed E-state index contributed by atoms with van der Waals surface area (Å²) in [5.41, 5.74) is 3.47. The van der Waals surface area contributed by atoms with E-state index in [1.165, 1.54) is 6.21 Å². The lowest BCUT2D eigenvalue weighted by Gasteiger charge is -2.05. The first-order valence-electron chi connectivity index (χ1n) is 6.90. The van der Waals surface area contributed by atoms with Gasteiger partial charge in [-0.15, -0.1) is 0 Å². The number of aromatic hydroxyl groups is 1. The maximum atomic E-state index is 11.9. The predicted molar refractivity (Wildman–Crippen MR) is 113 cm³/mol. The molecule has 9 heteroatoms. The van der Waals surface area contributed by atoms with E-state index in [9.17, 15) is 14.7 Å². The summed E-state index contributed by atoms with van der Waals surface area (Å²) < 4.78 is 1.38. The molecule has 0 saturated heterocycles. The van der Waals surface area contributed by atoms with Gasteiger partial charge in [-0.3, -0.25) is 9.59 Å². The van der Waals surface area contributed by atoms with E-state index >= 15 is 0 Å². The molecule has 0 unspecified atom stereocenters. The zero-order valence-electron chi connectivity index (χ0n) is 12.6. The third-order valence-corrected chi connectivity index (χ3v) is 4.85. The van der Waals surface area contributed by atoms with Crippen LogP contribution in [-0.2, 0) is 4.79 Å². The summed E-state index contributed by atoms with van der Waals surface area (Å²) in [5, 5.41) is 16.6. The van der Waals surface area contributed by atoms with E-state index < -0.39 is 5.91 Å². The number of hydrazone groups is 1. The lowest BCUT2D eigenvalue weighted by atomic mass is 10.2. The van der Waals surface area contributed by atoms with Crippen LogP contribution in [0.2, 0.25) is 5.02 Å². The Morgan fingerprint density at radius 2 is 1.76 bits per heavy atom. The van der Waals surface area contributed by atoms with E-state index in [4.69, 9.17) is 11.6 Å². The molecule has 0 atom stereocenters. The van der Waals surface area contributed by atoms with E-state index in [1.54, 1.807) is 36.4 Å². The number of rotatable bonds is 5. The number of carbonyl (C=O) groups is 2. The van der Waals surface area contributed by atoms with Gasteiger partial charge in [0.1, 0.15) is 5.75 Å². The van der Waals surface area contributed by atoms with E-state index in [0.29, 0.717) is 17.7 Å². The van der Waals surface area contributed by atoms with Gasteiger partial charge in [0.25, 0.3) is 11.8 Å². The largest absolute Gasteiger partial charge is 0.506 e. The molecular formula is C16H12ClI2N3O3. The fraction of sp³-hybridized carbons (Fsp3) is 0.0625. The van der Waals surface area contributed by atoms with Gasteiger partial charge >= 0.3 is 0 Å². The van der Waals surface area contributed by atoms with Crippen molar-refractivity contribution in [1.29, 1.82) is 0 Å². The quantitative estimate of drug-likeness (QED) is 0.287. The standard InChI is InChI=1S/C16H12ClI2N3O3/c17-11-3-1-10(2-4-11)16(25)20-8-14(23)22-21-7-9-5-12(18)15(24)13(19)6-9/h1-7,24H,8H2,(H,20,25)(H,22,23). The van der Waals surface area contributed by atoms with E-state index in [0.717, 1.165) is 5.56 Å². The monoisotopic (exact) mass is 583 g/mol. The molecule has 2 aromatic carbocycles. The van der Waals surface area contributed by atoms with Gasteiger partial charge in [-0.1, -0.05) is 11.6 Å². The van der Waals surface area contributed by atoms with Crippen molar-refractivity contribution in [2.24, 2.45) is 5.10 Å². The zero-order chi connectivity index (χ0) is 18.4. The maximum absolute atomic E-state index is 11.9. The second kappa shape index (κ2) is 9.34. The molecule has 2 rings (SSSR count). The van der Waals surface area contributed by atoms with Crippen molar-refractivity contribution in [3.63, 3.8) is 0 Å². The predicted octanol–water partition coefficient (Wildman–Crippen LogP) is 3.13. The minimum absolute atomic E-state index is 0.205. The summed E-state index contributed by atoms with van der Waals surface area (Å²) in [6, 6.07) is 9.80. The smallest absolute Gasteiger partial charge is 0.259 e. The number of benzene rings is 2. The average molecular weight is 584 g/mol. The number of hydrogen-bond acceptors (Lipinski definition) is 4. The molecule has 0 heterocycles. The Morgan fingerprint density at radius 3 is 2.36 bits per heavy atom. The fourth-order valence-corrected chi connectivity index (χ4v) is 3.68. The van der Waals surface area contributed by atoms with Gasteiger partial charge in [-0.2, -0.15) is 5.10 Å². The van der Waals surface area contributed by atoms with Crippen molar-refractivity contribution in [1.82, 2.24) is 10.7 Å². The lowest BCUT2D eigenvalue weighted by molar-refractivity contribution is -0.120. The highest BCUT2D eigenvalue weighted by molar-refractivity contribution is 14.1. The van der Waals surface area contributed by atoms with Crippen LogP contribution >= 0.6 is 56.8 Å². The molecule has 0 fully saturated rings. The van der Waals surface area contributed by atoms with Gasteiger partial charge in [0, 0.05) is 10.6 Å². The van der Waals surface area contributed by atoms with Crippen molar-refractivity contribution in [3.8, 4) is 5.75 Å². The molecule has 0 radical (unpaired) electrons. The third kappa shape index (κ3) is 6.12. The van der Waals surface area contributed by atoms with Gasteiger partial charge < -0.3 is 10.4 Å². The van der Waals surface area contributed by atoms with Crippen LogP contribution in [0.4, 0.5) is 0 Å². The number of phenolic OH excluding ortho intramolecular Hbond substituents is 1. The second-order valence-electron chi connectivity index (χ2n) is 4.82. The molecule has 2 aromatic rings. The highest BCUT2D eigenvalue weighted by Crippen LogP contribution is 2.26. The Balaban J connectivity index is 1.84. The molecule has 0 bridgehead atoms. The number of amides is 2. The topological polar surface area (TPSA) is 90.8 Å². The van der Waals surface area contributed by atoms with Gasteiger partial charge in [0.15, 0.2) is 0 Å². The van der Waals surface area contributed by atoms with Crippen LogP contribution in [0.15, 0.2) is 41.5 Å². The normalized spacial score (nSPS) is 10.7. The summed E-state index contributed by atoms with van der Waals surface area (Å²) in [5.74, 6) is -0.618. The summed E-state index contributed by atoms with van der Waals surface area (Å²) >= 11 is 9.77. The molecule has 0 aromatic heterocycles. The molecule has 0 aliphatic rings. The van der Waals surface area contributed by atoms with Crippen LogP contribution in [0.1, 0.15) is 15.9 Å².